The molecule has 7 heteroatoms. The average Bonchev–Trinajstić information content (AvgIpc) is 3.02. The second kappa shape index (κ2) is 9.21. The molecule has 1 N–H and O–H groups in total. The fraction of sp³-hybridized carbons (Fsp3) is 0.381. The Labute approximate surface area is 166 Å². The number of carbonyl (C=O) groups excluding carboxylic acids is 1. The number of benzene rings is 2. The van der Waals surface area contributed by atoms with Crippen LogP contribution in [-0.2, 0) is 16.6 Å². The third-order valence-corrected chi connectivity index (χ3v) is 6.82. The number of ether oxygens (including phenoxy) is 1. The van der Waals surface area contributed by atoms with Crippen LogP contribution in [0.4, 0.5) is 0 Å². The summed E-state index contributed by atoms with van der Waals surface area (Å²) in [5.74, 6) is -0.0670. The van der Waals surface area contributed by atoms with Gasteiger partial charge in [0.05, 0.1) is 7.11 Å². The van der Waals surface area contributed by atoms with Crippen LogP contribution in [0.5, 0.6) is 5.75 Å². The second-order valence-corrected chi connectivity index (χ2v) is 8.76. The molecule has 0 spiro atoms. The van der Waals surface area contributed by atoms with Crippen molar-refractivity contribution in [3.63, 3.8) is 0 Å². The van der Waals surface area contributed by atoms with Crippen LogP contribution < -0.4 is 10.1 Å². The monoisotopic (exact) mass is 402 g/mol. The van der Waals surface area contributed by atoms with Gasteiger partial charge in [0, 0.05) is 25.2 Å². The third-order valence-electron chi connectivity index (χ3n) is 4.90. The van der Waals surface area contributed by atoms with Gasteiger partial charge >= 0.3 is 0 Å². The lowest BCUT2D eigenvalue weighted by atomic mass is 10.2. The van der Waals surface area contributed by atoms with Crippen molar-refractivity contribution in [2.75, 3.05) is 20.2 Å². The van der Waals surface area contributed by atoms with Crippen LogP contribution in [-0.4, -0.2) is 38.8 Å². The molecule has 2 aromatic rings. The standard InChI is InChI=1S/C21H26N2O4S/c1-27-19-12-11-18(21(24)22-16-17-9-5-4-6-10-17)15-20(19)28(25,26)23-13-7-2-3-8-14-23/h4-6,9-12,15H,2-3,7-8,13-14,16H2,1H3,(H,22,24). The molecule has 1 amide bonds. The van der Waals surface area contributed by atoms with E-state index >= 15 is 0 Å². The van der Waals surface area contributed by atoms with E-state index in [9.17, 15) is 13.2 Å². The van der Waals surface area contributed by atoms with Crippen molar-refractivity contribution >= 4 is 15.9 Å². The molecular weight excluding hydrogens is 376 g/mol. The molecule has 0 aliphatic carbocycles. The molecule has 1 aliphatic rings. The van der Waals surface area contributed by atoms with Crippen molar-refractivity contribution in [1.82, 2.24) is 9.62 Å². The predicted octanol–water partition coefficient (Wildman–Crippen LogP) is 3.19. The topological polar surface area (TPSA) is 75.7 Å². The van der Waals surface area contributed by atoms with Gasteiger partial charge in [0.2, 0.25) is 10.0 Å². The van der Waals surface area contributed by atoms with Crippen molar-refractivity contribution in [2.45, 2.75) is 37.1 Å². The molecule has 2 aromatic carbocycles. The van der Waals surface area contributed by atoms with Crippen LogP contribution >= 0.6 is 0 Å². The molecule has 0 atom stereocenters. The number of hydrogen-bond donors (Lipinski definition) is 1. The highest BCUT2D eigenvalue weighted by Crippen LogP contribution is 2.29. The number of hydrogen-bond acceptors (Lipinski definition) is 4. The number of nitrogens with zero attached hydrogens (tertiary/aromatic N) is 1. The zero-order valence-electron chi connectivity index (χ0n) is 16.1. The summed E-state index contributed by atoms with van der Waals surface area (Å²) < 4.78 is 33.2. The van der Waals surface area contributed by atoms with E-state index in [2.05, 4.69) is 5.32 Å². The Hall–Kier alpha value is -2.38. The molecule has 150 valence electrons. The Bertz CT molecular complexity index is 905. The smallest absolute Gasteiger partial charge is 0.251 e. The van der Waals surface area contributed by atoms with Crippen molar-refractivity contribution in [3.05, 3.63) is 59.7 Å². The molecule has 1 saturated heterocycles. The fourth-order valence-corrected chi connectivity index (χ4v) is 5.02. The first-order valence-electron chi connectivity index (χ1n) is 9.52. The van der Waals surface area contributed by atoms with E-state index in [0.717, 1.165) is 31.2 Å². The van der Waals surface area contributed by atoms with Crippen molar-refractivity contribution in [2.24, 2.45) is 0 Å². The molecule has 0 saturated carbocycles. The summed E-state index contributed by atoms with van der Waals surface area (Å²) >= 11 is 0. The minimum atomic E-state index is -3.72. The van der Waals surface area contributed by atoms with Gasteiger partial charge in [-0.2, -0.15) is 4.31 Å². The van der Waals surface area contributed by atoms with Gasteiger partial charge in [-0.1, -0.05) is 43.2 Å². The maximum atomic E-state index is 13.2. The molecule has 1 fully saturated rings. The highest BCUT2D eigenvalue weighted by molar-refractivity contribution is 7.89. The van der Waals surface area contributed by atoms with E-state index in [1.807, 2.05) is 30.3 Å². The highest BCUT2D eigenvalue weighted by atomic mass is 32.2. The average molecular weight is 403 g/mol. The Kier molecular flexibility index (Phi) is 6.70. The number of sulfonamides is 1. The lowest BCUT2D eigenvalue weighted by Gasteiger charge is -2.21. The summed E-state index contributed by atoms with van der Waals surface area (Å²) in [5, 5.41) is 2.83. The molecular formula is C21H26N2O4S. The highest BCUT2D eigenvalue weighted by Gasteiger charge is 2.29. The maximum absolute atomic E-state index is 13.2. The van der Waals surface area contributed by atoms with Gasteiger partial charge in [0.15, 0.2) is 0 Å². The number of amides is 1. The van der Waals surface area contributed by atoms with Crippen LogP contribution in [0.1, 0.15) is 41.6 Å². The van der Waals surface area contributed by atoms with Gasteiger partial charge < -0.3 is 10.1 Å². The summed E-state index contributed by atoms with van der Waals surface area (Å²) in [6.45, 7) is 1.37. The van der Waals surface area contributed by atoms with E-state index in [-0.39, 0.29) is 16.6 Å². The molecule has 28 heavy (non-hydrogen) atoms. The molecule has 0 aromatic heterocycles. The fourth-order valence-electron chi connectivity index (χ4n) is 3.32. The number of methoxy groups -OCH3 is 1. The van der Waals surface area contributed by atoms with E-state index in [1.165, 1.54) is 17.5 Å². The van der Waals surface area contributed by atoms with Crippen molar-refractivity contribution in [1.29, 1.82) is 0 Å². The molecule has 1 aliphatic heterocycles. The van der Waals surface area contributed by atoms with Crippen LogP contribution in [0.15, 0.2) is 53.4 Å². The summed E-state index contributed by atoms with van der Waals surface area (Å²) in [4.78, 5) is 12.6. The van der Waals surface area contributed by atoms with Gasteiger partial charge in [-0.3, -0.25) is 4.79 Å². The van der Waals surface area contributed by atoms with E-state index < -0.39 is 10.0 Å². The Morgan fingerprint density at radius 1 is 1.04 bits per heavy atom. The van der Waals surface area contributed by atoms with Crippen LogP contribution in [0.3, 0.4) is 0 Å². The van der Waals surface area contributed by atoms with Crippen LogP contribution in [0.25, 0.3) is 0 Å². The number of carbonyl (C=O) groups is 1. The summed E-state index contributed by atoms with van der Waals surface area (Å²) in [6, 6.07) is 14.1. The molecule has 3 rings (SSSR count). The van der Waals surface area contributed by atoms with Gasteiger partial charge in [-0.15, -0.1) is 0 Å². The summed E-state index contributed by atoms with van der Waals surface area (Å²) in [6.07, 6.45) is 3.76. The normalized spacial score (nSPS) is 15.6. The molecule has 1 heterocycles. The number of rotatable bonds is 6. The predicted molar refractivity (Wildman–Crippen MR) is 108 cm³/mol. The first-order valence-corrected chi connectivity index (χ1v) is 11.0. The molecule has 0 bridgehead atoms. The van der Waals surface area contributed by atoms with Crippen molar-refractivity contribution < 1.29 is 17.9 Å². The first kappa shape index (κ1) is 20.4. The zero-order valence-corrected chi connectivity index (χ0v) is 16.9. The summed E-state index contributed by atoms with van der Waals surface area (Å²) in [7, 11) is -2.29. The molecule has 6 nitrogen and oxygen atoms in total. The Morgan fingerprint density at radius 2 is 1.71 bits per heavy atom. The maximum Gasteiger partial charge on any atom is 0.251 e. The lowest BCUT2D eigenvalue weighted by Crippen LogP contribution is -2.32. The SMILES string of the molecule is COc1ccc(C(=O)NCc2ccccc2)cc1S(=O)(=O)N1CCCCCC1. The van der Waals surface area contributed by atoms with Gasteiger partial charge in [0.25, 0.3) is 5.91 Å². The van der Waals surface area contributed by atoms with Gasteiger partial charge in [0.1, 0.15) is 10.6 Å². The van der Waals surface area contributed by atoms with E-state index in [4.69, 9.17) is 4.74 Å². The number of nitrogens with one attached hydrogen (secondary N) is 1. The summed E-state index contributed by atoms with van der Waals surface area (Å²) in [5.41, 5.74) is 1.27. The minimum absolute atomic E-state index is 0.0456. The largest absolute Gasteiger partial charge is 0.495 e. The minimum Gasteiger partial charge on any atom is -0.495 e. The van der Waals surface area contributed by atoms with Crippen molar-refractivity contribution in [3.8, 4) is 5.75 Å². The van der Waals surface area contributed by atoms with Crippen LogP contribution in [0, 0.1) is 0 Å². The third kappa shape index (κ3) is 4.72. The molecule has 0 radical (unpaired) electrons. The Balaban J connectivity index is 1.83. The van der Waals surface area contributed by atoms with Crippen LogP contribution in [0.2, 0.25) is 0 Å². The second-order valence-electron chi connectivity index (χ2n) is 6.85. The Morgan fingerprint density at radius 3 is 2.36 bits per heavy atom. The van der Waals surface area contributed by atoms with E-state index in [1.54, 1.807) is 12.1 Å². The molecule has 0 unspecified atom stereocenters. The zero-order chi connectivity index (χ0) is 20.0. The van der Waals surface area contributed by atoms with Gasteiger partial charge in [-0.05, 0) is 36.6 Å². The first-order chi connectivity index (χ1) is 13.5. The lowest BCUT2D eigenvalue weighted by molar-refractivity contribution is 0.0950. The quantitative estimate of drug-likeness (QED) is 0.805. The van der Waals surface area contributed by atoms with Gasteiger partial charge in [-0.25, -0.2) is 8.42 Å². The van der Waals surface area contributed by atoms with E-state index in [0.29, 0.717) is 25.2 Å².